The quantitative estimate of drug-likeness (QED) is 0.0342. The average Bonchev–Trinajstić information content (AvgIpc) is 3.20. The molecule has 2 heterocycles. The van der Waals surface area contributed by atoms with Gasteiger partial charge in [0.1, 0.15) is 17.4 Å². The number of nitrogens with zero attached hydrogens (tertiary/aromatic N) is 2. The van der Waals surface area contributed by atoms with Crippen molar-refractivity contribution < 1.29 is 33.6 Å². The van der Waals surface area contributed by atoms with Gasteiger partial charge in [0.05, 0.1) is 44.6 Å². The van der Waals surface area contributed by atoms with Gasteiger partial charge in [-0.15, -0.1) is 0 Å². The predicted molar refractivity (Wildman–Crippen MR) is 217 cm³/mol. The molecule has 1 saturated heterocycles. The van der Waals surface area contributed by atoms with Gasteiger partial charge in [-0.2, -0.15) is 0 Å². The number of rotatable bonds is 25. The molecule has 1 unspecified atom stereocenters. The van der Waals surface area contributed by atoms with E-state index in [0.29, 0.717) is 76.6 Å². The van der Waals surface area contributed by atoms with Gasteiger partial charge in [-0.1, -0.05) is 24.6 Å². The first kappa shape index (κ1) is 43.8. The number of ether oxygens (including phenoxy) is 4. The van der Waals surface area contributed by atoms with Gasteiger partial charge in [-0.05, 0) is 101 Å². The average molecular weight is 774 g/mol. The zero-order valence-electron chi connectivity index (χ0n) is 32.8. The van der Waals surface area contributed by atoms with E-state index in [-0.39, 0.29) is 30.0 Å². The number of carbonyl (C=O) groups is 2. The maximum absolute atomic E-state index is 13.4. The highest BCUT2D eigenvalue weighted by atomic mass is 16.5. The topological polar surface area (TPSA) is 191 Å². The van der Waals surface area contributed by atoms with Crippen LogP contribution in [0.3, 0.4) is 0 Å². The van der Waals surface area contributed by atoms with Crippen LogP contribution in [0.4, 0.5) is 5.69 Å². The lowest BCUT2D eigenvalue weighted by molar-refractivity contribution is -0.137. The molecule has 3 aromatic rings. The Kier molecular flexibility index (Phi) is 18.7. The van der Waals surface area contributed by atoms with Gasteiger partial charge in [0.15, 0.2) is 0 Å². The molecule has 2 aromatic carbocycles. The lowest BCUT2D eigenvalue weighted by Gasteiger charge is -2.42. The van der Waals surface area contributed by atoms with Crippen LogP contribution >= 0.6 is 0 Å². The number of anilines is 1. The summed E-state index contributed by atoms with van der Waals surface area (Å²) in [6.07, 6.45) is 9.25. The first-order valence-electron chi connectivity index (χ1n) is 19.6. The maximum atomic E-state index is 13.4. The number of amidine groups is 2. The largest absolute Gasteiger partial charge is 0.494 e. The molecule has 304 valence electrons. The zero-order valence-corrected chi connectivity index (χ0v) is 32.8. The summed E-state index contributed by atoms with van der Waals surface area (Å²) < 4.78 is 22.3. The summed E-state index contributed by atoms with van der Waals surface area (Å²) in [5.74, 6) is 0.145. The van der Waals surface area contributed by atoms with E-state index >= 15 is 0 Å². The van der Waals surface area contributed by atoms with Crippen molar-refractivity contribution in [1.82, 2.24) is 20.5 Å². The van der Waals surface area contributed by atoms with Crippen LogP contribution in [0.5, 0.6) is 5.75 Å². The van der Waals surface area contributed by atoms with Crippen molar-refractivity contribution in [2.45, 2.75) is 69.9 Å². The van der Waals surface area contributed by atoms with Crippen LogP contribution in [0.25, 0.3) is 0 Å². The molecule has 1 aromatic heterocycles. The lowest BCUT2D eigenvalue weighted by atomic mass is 9.85. The summed E-state index contributed by atoms with van der Waals surface area (Å²) in [6, 6.07) is 18.4. The minimum atomic E-state index is -0.809. The number of aliphatic carboxylic acids is 1. The van der Waals surface area contributed by atoms with Crippen molar-refractivity contribution in [3.63, 3.8) is 0 Å². The van der Waals surface area contributed by atoms with Gasteiger partial charge in [-0.25, -0.2) is 0 Å². The van der Waals surface area contributed by atoms with E-state index in [1.165, 1.54) is 0 Å². The number of hydrogen-bond donors (Lipinski definition) is 6. The van der Waals surface area contributed by atoms with Crippen molar-refractivity contribution in [3.05, 3.63) is 89.7 Å². The van der Waals surface area contributed by atoms with Crippen molar-refractivity contribution >= 4 is 29.2 Å². The van der Waals surface area contributed by atoms with Gasteiger partial charge < -0.3 is 44.9 Å². The second-order valence-corrected chi connectivity index (χ2v) is 14.1. The molecule has 1 aliphatic heterocycles. The summed E-state index contributed by atoms with van der Waals surface area (Å²) >= 11 is 0. The highest BCUT2D eigenvalue weighted by Gasteiger charge is 2.38. The summed E-state index contributed by atoms with van der Waals surface area (Å²) in [5, 5.41) is 35.9. The Labute approximate surface area is 330 Å². The number of piperidine rings is 1. The molecule has 0 spiro atoms. The molecule has 0 radical (unpaired) electrons. The number of hydrogen-bond acceptors (Lipinski definition) is 11. The van der Waals surface area contributed by atoms with E-state index in [0.717, 1.165) is 55.8 Å². The molecule has 1 fully saturated rings. The third-order valence-corrected chi connectivity index (χ3v) is 9.65. The number of carboxylic acids is 1. The van der Waals surface area contributed by atoms with E-state index < -0.39 is 11.5 Å². The number of amides is 1. The molecule has 0 aliphatic carbocycles. The number of likely N-dealkylation sites (tertiary alicyclic amines) is 1. The number of unbranched alkanes of at least 4 members (excludes halogenated alkanes) is 3. The fourth-order valence-corrected chi connectivity index (χ4v) is 6.22. The number of carboxylic acid groups (broad SMARTS) is 1. The molecule has 0 saturated carbocycles. The summed E-state index contributed by atoms with van der Waals surface area (Å²) in [7, 11) is 2.06. The number of nitrogens with one attached hydrogen (secondary N) is 5. The van der Waals surface area contributed by atoms with E-state index in [1.807, 2.05) is 49.4 Å². The zero-order chi connectivity index (χ0) is 40.0. The van der Waals surface area contributed by atoms with Crippen LogP contribution in [0.1, 0.15) is 85.8 Å². The predicted octanol–water partition coefficient (Wildman–Crippen LogP) is 5.90. The molecule has 4 rings (SSSR count). The number of benzene rings is 2. The van der Waals surface area contributed by atoms with Crippen LogP contribution in [-0.2, 0) is 19.0 Å². The number of aromatic nitrogens is 1. The second-order valence-electron chi connectivity index (χ2n) is 14.1. The first-order chi connectivity index (χ1) is 27.1. The van der Waals surface area contributed by atoms with Crippen LogP contribution in [0.2, 0.25) is 0 Å². The van der Waals surface area contributed by atoms with Crippen molar-refractivity contribution in [2.75, 3.05) is 71.7 Å². The minimum Gasteiger partial charge on any atom is -0.494 e. The lowest BCUT2D eigenvalue weighted by Crippen LogP contribution is -2.58. The van der Waals surface area contributed by atoms with Crippen LogP contribution < -0.4 is 20.7 Å². The number of pyridine rings is 1. The molecule has 14 nitrogen and oxygen atoms in total. The van der Waals surface area contributed by atoms with Gasteiger partial charge in [0, 0.05) is 61.9 Å². The molecule has 14 heteroatoms. The fourth-order valence-electron chi connectivity index (χ4n) is 6.22. The first-order valence-corrected chi connectivity index (χ1v) is 19.6. The van der Waals surface area contributed by atoms with Gasteiger partial charge >= 0.3 is 5.97 Å². The third-order valence-electron chi connectivity index (χ3n) is 9.65. The molecule has 0 bridgehead atoms. The van der Waals surface area contributed by atoms with Crippen molar-refractivity contribution in [1.29, 1.82) is 10.8 Å². The maximum Gasteiger partial charge on any atom is 0.303 e. The molecular weight excluding hydrogens is 715 g/mol. The van der Waals surface area contributed by atoms with Gasteiger partial charge in [0.25, 0.3) is 5.91 Å². The van der Waals surface area contributed by atoms with Gasteiger partial charge in [0.2, 0.25) is 0 Å². The summed E-state index contributed by atoms with van der Waals surface area (Å²) in [4.78, 5) is 30.1. The Balaban J connectivity index is 1.13. The molecule has 1 amide bonds. The van der Waals surface area contributed by atoms with Crippen LogP contribution in [0.15, 0.2) is 73.1 Å². The Morgan fingerprint density at radius 1 is 0.821 bits per heavy atom. The summed E-state index contributed by atoms with van der Waals surface area (Å²) in [6.45, 7) is 7.25. The van der Waals surface area contributed by atoms with Gasteiger partial charge in [-0.3, -0.25) is 25.4 Å². The second kappa shape index (κ2) is 23.9. The van der Waals surface area contributed by atoms with Crippen molar-refractivity contribution in [3.8, 4) is 5.75 Å². The molecular formula is C42H59N7O7. The van der Waals surface area contributed by atoms with Crippen molar-refractivity contribution in [2.24, 2.45) is 0 Å². The SMILES string of the molecule is CC(NC(=O)c1cccc(NC2(C(=N)NC(=N)c3ccncc3)CCN(C)CC2)c1)c1ccc(OCCCCCCOCCOCCOCCCC(=O)O)cc1. The normalized spacial score (nSPS) is 14.4. The molecule has 1 aliphatic rings. The highest BCUT2D eigenvalue weighted by molar-refractivity contribution is 6.10. The smallest absolute Gasteiger partial charge is 0.303 e. The Morgan fingerprint density at radius 3 is 2.11 bits per heavy atom. The third kappa shape index (κ3) is 15.3. The summed E-state index contributed by atoms with van der Waals surface area (Å²) in [5.41, 5.74) is 2.14. The minimum absolute atomic E-state index is 0.120. The fraction of sp³-hybridized carbons (Fsp3) is 0.500. The van der Waals surface area contributed by atoms with E-state index in [9.17, 15) is 9.59 Å². The standard InChI is InChI=1S/C42H59N7O7/c1-32(33-12-14-37(15-13-33)56-26-6-4-3-5-24-53-27-29-55-30-28-54-25-8-11-38(50)51)46-40(52)35-9-7-10-36(31-35)48-42(18-22-49(2)23-19-42)41(44)47-39(43)34-16-20-45-21-17-34/h7,9-10,12-17,20-21,31-32,48H,3-6,8,11,18-19,22-30H2,1-2H3,(H,46,52)(H,50,51)(H3,43,44,47). The van der Waals surface area contributed by atoms with E-state index in [1.54, 1.807) is 30.6 Å². The Hall–Kier alpha value is -4.89. The van der Waals surface area contributed by atoms with Crippen LogP contribution in [0, 0.1) is 10.8 Å². The van der Waals surface area contributed by atoms with Crippen LogP contribution in [-0.4, -0.2) is 110 Å². The molecule has 56 heavy (non-hydrogen) atoms. The molecule has 1 atom stereocenters. The van der Waals surface area contributed by atoms with E-state index in [4.69, 9.17) is 34.9 Å². The monoisotopic (exact) mass is 773 g/mol. The van der Waals surface area contributed by atoms with E-state index in [2.05, 4.69) is 32.9 Å². The Morgan fingerprint density at radius 2 is 1.45 bits per heavy atom. The number of carbonyl (C=O) groups excluding carboxylic acids is 1. The molecule has 6 N–H and O–H groups in total. The Bertz CT molecular complexity index is 1650. The highest BCUT2D eigenvalue weighted by Crippen LogP contribution is 2.28.